The molecule has 5 nitrogen and oxygen atoms in total. The maximum absolute atomic E-state index is 12.5. The lowest BCUT2D eigenvalue weighted by Crippen LogP contribution is -2.41. The van der Waals surface area contributed by atoms with Crippen LogP contribution >= 0.6 is 0 Å². The maximum Gasteiger partial charge on any atom is 0.436 e. The zero-order chi connectivity index (χ0) is 14.6. The molecule has 0 saturated heterocycles. The fourth-order valence-electron chi connectivity index (χ4n) is 1.17. The smallest absolute Gasteiger partial charge is 0.436 e. The van der Waals surface area contributed by atoms with Gasteiger partial charge in [-0.25, -0.2) is 9.59 Å². The normalized spacial score (nSPS) is 12.6. The molecule has 1 aromatic carbocycles. The predicted octanol–water partition coefficient (Wildman–Crippen LogP) is 1.65. The van der Waals surface area contributed by atoms with Gasteiger partial charge in [-0.2, -0.15) is 13.2 Å². The summed E-state index contributed by atoms with van der Waals surface area (Å²) in [5, 5.41) is 9.29. The molecule has 0 saturated carbocycles. The van der Waals surface area contributed by atoms with Gasteiger partial charge in [-0.3, -0.25) is 0 Å². The summed E-state index contributed by atoms with van der Waals surface area (Å²) in [5.74, 6) is -3.79. The lowest BCUT2D eigenvalue weighted by molar-refractivity contribution is -0.216. The molecule has 1 atom stereocenters. The van der Waals surface area contributed by atoms with Crippen molar-refractivity contribution in [2.45, 2.75) is 12.3 Å². The van der Waals surface area contributed by atoms with Crippen LogP contribution in [-0.2, 0) is 14.3 Å². The molecule has 0 bridgehead atoms. The summed E-state index contributed by atoms with van der Waals surface area (Å²) < 4.78 is 45.4. The van der Waals surface area contributed by atoms with E-state index in [0.717, 1.165) is 19.2 Å². The number of phenols is 1. The van der Waals surface area contributed by atoms with E-state index in [2.05, 4.69) is 9.47 Å². The maximum atomic E-state index is 12.5. The first-order valence-electron chi connectivity index (χ1n) is 4.91. The first-order chi connectivity index (χ1) is 8.77. The van der Waals surface area contributed by atoms with Crippen molar-refractivity contribution < 1.29 is 37.3 Å². The van der Waals surface area contributed by atoms with Crippen LogP contribution in [0.15, 0.2) is 24.3 Å². The van der Waals surface area contributed by atoms with E-state index in [0.29, 0.717) is 0 Å². The number of aromatic hydroxyl groups is 1. The Labute approximate surface area is 105 Å². The molecular formula is C11H9F3O5. The van der Waals surface area contributed by atoms with Crippen molar-refractivity contribution in [3.05, 3.63) is 29.8 Å². The zero-order valence-electron chi connectivity index (χ0n) is 9.60. The number of carbonyl (C=O) groups excluding carboxylic acids is 2. The van der Waals surface area contributed by atoms with Crippen LogP contribution in [0.1, 0.15) is 10.4 Å². The van der Waals surface area contributed by atoms with Crippen molar-refractivity contribution in [1.82, 2.24) is 0 Å². The Balaban J connectivity index is 2.95. The number of phenolic OH excluding ortho intramolecular Hbond substituents is 1. The molecule has 0 aliphatic carbocycles. The van der Waals surface area contributed by atoms with Crippen LogP contribution in [0.25, 0.3) is 0 Å². The predicted molar refractivity (Wildman–Crippen MR) is 55.4 cm³/mol. The summed E-state index contributed by atoms with van der Waals surface area (Å²) >= 11 is 0. The molecule has 0 fully saturated rings. The molecule has 1 rings (SSSR count). The molecule has 0 spiro atoms. The summed E-state index contributed by atoms with van der Waals surface area (Å²) in [5.41, 5.74) is -0.486. The highest BCUT2D eigenvalue weighted by atomic mass is 19.4. The molecule has 0 radical (unpaired) electrons. The van der Waals surface area contributed by atoms with Gasteiger partial charge in [0.05, 0.1) is 7.11 Å². The van der Waals surface area contributed by atoms with Gasteiger partial charge in [-0.1, -0.05) is 12.1 Å². The molecule has 1 N–H and O–H groups in total. The molecule has 8 heteroatoms. The van der Waals surface area contributed by atoms with E-state index in [1.807, 2.05) is 0 Å². The Morgan fingerprint density at radius 3 is 2.32 bits per heavy atom. The van der Waals surface area contributed by atoms with Gasteiger partial charge >= 0.3 is 18.1 Å². The number of benzene rings is 1. The molecule has 104 valence electrons. The first kappa shape index (κ1) is 14.8. The minimum absolute atomic E-state index is 0.486. The third kappa shape index (κ3) is 3.60. The van der Waals surface area contributed by atoms with Gasteiger partial charge in [0.25, 0.3) is 6.10 Å². The van der Waals surface area contributed by atoms with Gasteiger partial charge in [0.1, 0.15) is 11.3 Å². The van der Waals surface area contributed by atoms with E-state index in [4.69, 9.17) is 0 Å². The highest BCUT2D eigenvalue weighted by molar-refractivity contribution is 5.94. The fourth-order valence-corrected chi connectivity index (χ4v) is 1.17. The third-order valence-corrected chi connectivity index (χ3v) is 2.06. The number of ether oxygens (including phenoxy) is 2. The van der Waals surface area contributed by atoms with E-state index >= 15 is 0 Å². The monoisotopic (exact) mass is 278 g/mol. The van der Waals surface area contributed by atoms with Gasteiger partial charge in [-0.05, 0) is 12.1 Å². The summed E-state index contributed by atoms with van der Waals surface area (Å²) in [4.78, 5) is 22.4. The topological polar surface area (TPSA) is 72.8 Å². The number of para-hydroxylation sites is 1. The molecule has 1 unspecified atom stereocenters. The number of halogens is 3. The molecule has 0 heterocycles. The van der Waals surface area contributed by atoms with Gasteiger partial charge in [-0.15, -0.1) is 0 Å². The largest absolute Gasteiger partial charge is 0.507 e. The van der Waals surface area contributed by atoms with Crippen LogP contribution in [0.4, 0.5) is 13.2 Å². The molecule has 1 aromatic rings. The van der Waals surface area contributed by atoms with Crippen LogP contribution in [0.5, 0.6) is 5.75 Å². The van der Waals surface area contributed by atoms with Crippen LogP contribution in [0.2, 0.25) is 0 Å². The number of alkyl halides is 3. The minimum Gasteiger partial charge on any atom is -0.507 e. The lowest BCUT2D eigenvalue weighted by Gasteiger charge is -2.18. The molecule has 0 aromatic heterocycles. The second-order valence-electron chi connectivity index (χ2n) is 3.37. The Bertz CT molecular complexity index is 483. The number of carbonyl (C=O) groups is 2. The average molecular weight is 278 g/mol. The van der Waals surface area contributed by atoms with E-state index in [-0.39, 0.29) is 0 Å². The average Bonchev–Trinajstić information content (AvgIpc) is 2.34. The molecular weight excluding hydrogens is 269 g/mol. The van der Waals surface area contributed by atoms with Crippen LogP contribution < -0.4 is 0 Å². The van der Waals surface area contributed by atoms with Crippen molar-refractivity contribution in [2.75, 3.05) is 7.11 Å². The number of rotatable bonds is 3. The number of hydrogen-bond donors (Lipinski definition) is 1. The number of methoxy groups -OCH3 is 1. The molecule has 19 heavy (non-hydrogen) atoms. The summed E-state index contributed by atoms with van der Waals surface area (Å²) in [7, 11) is 0.731. The van der Waals surface area contributed by atoms with Crippen molar-refractivity contribution in [3.8, 4) is 5.75 Å². The van der Waals surface area contributed by atoms with Gasteiger partial charge < -0.3 is 14.6 Å². The van der Waals surface area contributed by atoms with Gasteiger partial charge in [0.2, 0.25) is 0 Å². The van der Waals surface area contributed by atoms with Crippen LogP contribution in [0, 0.1) is 0 Å². The van der Waals surface area contributed by atoms with Crippen LogP contribution in [-0.4, -0.2) is 36.4 Å². The highest BCUT2D eigenvalue weighted by Crippen LogP contribution is 2.26. The number of hydrogen-bond acceptors (Lipinski definition) is 5. The van der Waals surface area contributed by atoms with E-state index in [1.165, 1.54) is 12.1 Å². The Hall–Kier alpha value is -2.25. The van der Waals surface area contributed by atoms with E-state index in [1.54, 1.807) is 0 Å². The van der Waals surface area contributed by atoms with E-state index in [9.17, 15) is 27.9 Å². The lowest BCUT2D eigenvalue weighted by atomic mass is 10.2. The van der Waals surface area contributed by atoms with Crippen molar-refractivity contribution >= 4 is 11.9 Å². The molecule has 0 amide bonds. The summed E-state index contributed by atoms with van der Waals surface area (Å²) in [6.07, 6.45) is -8.14. The van der Waals surface area contributed by atoms with Gasteiger partial charge in [0, 0.05) is 0 Å². The fraction of sp³-hybridized carbons (Fsp3) is 0.273. The standard InChI is InChI=1S/C11H9F3O5/c1-18-10(17)8(11(12,13)14)19-9(16)6-4-2-3-5-7(6)15/h2-5,8,15H,1H3. The zero-order valence-corrected chi connectivity index (χ0v) is 9.60. The second-order valence-corrected chi connectivity index (χ2v) is 3.37. The Morgan fingerprint density at radius 1 is 1.26 bits per heavy atom. The molecule has 0 aliphatic heterocycles. The van der Waals surface area contributed by atoms with Crippen molar-refractivity contribution in [1.29, 1.82) is 0 Å². The quantitative estimate of drug-likeness (QED) is 0.851. The Kier molecular flexibility index (Phi) is 4.36. The summed E-state index contributed by atoms with van der Waals surface area (Å²) in [6, 6.07) is 4.84. The highest BCUT2D eigenvalue weighted by Gasteiger charge is 2.49. The van der Waals surface area contributed by atoms with Gasteiger partial charge in [0.15, 0.2) is 0 Å². The van der Waals surface area contributed by atoms with Crippen molar-refractivity contribution in [2.24, 2.45) is 0 Å². The SMILES string of the molecule is COC(=O)C(OC(=O)c1ccccc1O)C(F)(F)F. The van der Waals surface area contributed by atoms with E-state index < -0.39 is 35.5 Å². The minimum atomic E-state index is -5.10. The third-order valence-electron chi connectivity index (χ3n) is 2.06. The Morgan fingerprint density at radius 2 is 1.84 bits per heavy atom. The number of esters is 2. The first-order valence-corrected chi connectivity index (χ1v) is 4.91. The van der Waals surface area contributed by atoms with Crippen LogP contribution in [0.3, 0.4) is 0 Å². The molecule has 0 aliphatic rings. The van der Waals surface area contributed by atoms with Crippen molar-refractivity contribution in [3.63, 3.8) is 0 Å². The second kappa shape index (κ2) is 5.59. The summed E-state index contributed by atoms with van der Waals surface area (Å²) in [6.45, 7) is 0.